The van der Waals surface area contributed by atoms with Crippen molar-refractivity contribution in [3.8, 4) is 0 Å². The van der Waals surface area contributed by atoms with Crippen molar-refractivity contribution < 1.29 is 4.79 Å². The first kappa shape index (κ1) is 21.5. The van der Waals surface area contributed by atoms with Crippen molar-refractivity contribution in [3.05, 3.63) is 64.7 Å². The predicted molar refractivity (Wildman–Crippen MR) is 127 cm³/mol. The maximum atomic E-state index is 13.3. The lowest BCUT2D eigenvalue weighted by molar-refractivity contribution is -0.133. The quantitative estimate of drug-likeness (QED) is 0.628. The summed E-state index contributed by atoms with van der Waals surface area (Å²) in [5, 5.41) is 0. The van der Waals surface area contributed by atoms with Crippen molar-refractivity contribution in [1.82, 2.24) is 30.3 Å². The molecule has 0 spiro atoms. The van der Waals surface area contributed by atoms with E-state index in [2.05, 4.69) is 33.0 Å². The van der Waals surface area contributed by atoms with Crippen LogP contribution in [0.2, 0.25) is 0 Å². The van der Waals surface area contributed by atoms with Gasteiger partial charge in [0, 0.05) is 44.5 Å². The van der Waals surface area contributed by atoms with E-state index in [0.29, 0.717) is 38.4 Å². The number of hydrazine groups is 1. The minimum atomic E-state index is -0.258. The van der Waals surface area contributed by atoms with Gasteiger partial charge in [-0.15, -0.1) is 0 Å². The van der Waals surface area contributed by atoms with Gasteiger partial charge in [-0.3, -0.25) is 19.1 Å². The van der Waals surface area contributed by atoms with E-state index >= 15 is 0 Å². The lowest BCUT2D eigenvalue weighted by Gasteiger charge is -2.36. The number of hydrogen-bond acceptors (Lipinski definition) is 7. The number of amides is 1. The lowest BCUT2D eigenvalue weighted by atomic mass is 10.0. The summed E-state index contributed by atoms with van der Waals surface area (Å²) in [5.74, 6) is 0.539. The highest BCUT2D eigenvalue weighted by Gasteiger charge is 2.34. The van der Waals surface area contributed by atoms with Crippen LogP contribution < -0.4 is 21.3 Å². The Balaban J connectivity index is 1.28. The van der Waals surface area contributed by atoms with E-state index in [4.69, 9.17) is 0 Å². The van der Waals surface area contributed by atoms with E-state index in [1.807, 2.05) is 47.9 Å². The van der Waals surface area contributed by atoms with E-state index in [-0.39, 0.29) is 29.6 Å². The fourth-order valence-electron chi connectivity index (χ4n) is 4.74. The summed E-state index contributed by atoms with van der Waals surface area (Å²) in [5.41, 5.74) is 8.97. The van der Waals surface area contributed by atoms with E-state index in [9.17, 15) is 9.59 Å². The number of nitrogens with zero attached hydrogens (tertiary/aromatic N) is 5. The van der Waals surface area contributed by atoms with Crippen LogP contribution in [0.5, 0.6) is 0 Å². The lowest BCUT2D eigenvalue weighted by Crippen LogP contribution is -2.54. The molecule has 4 heterocycles. The van der Waals surface area contributed by atoms with Crippen LogP contribution in [0.3, 0.4) is 0 Å². The van der Waals surface area contributed by atoms with Gasteiger partial charge >= 0.3 is 0 Å². The van der Waals surface area contributed by atoms with Crippen LogP contribution in [0.25, 0.3) is 11.0 Å². The molecule has 0 aliphatic carbocycles. The molecule has 2 saturated heterocycles. The zero-order valence-corrected chi connectivity index (χ0v) is 18.9. The monoisotopic (exact) mass is 447 g/mol. The molecule has 2 aliphatic rings. The van der Waals surface area contributed by atoms with Crippen LogP contribution in [-0.2, 0) is 4.79 Å². The molecule has 2 N–H and O–H groups in total. The Kier molecular flexibility index (Phi) is 5.82. The summed E-state index contributed by atoms with van der Waals surface area (Å²) in [7, 11) is 0. The van der Waals surface area contributed by atoms with E-state index in [1.165, 1.54) is 5.56 Å². The molecule has 0 radical (unpaired) electrons. The molecule has 1 amide bonds. The average Bonchev–Trinajstić information content (AvgIpc) is 3.34. The number of piperazine rings is 1. The topological polar surface area (TPSA) is 95.4 Å². The summed E-state index contributed by atoms with van der Waals surface area (Å²) >= 11 is 0. The number of anilines is 1. The number of carbonyl (C=O) groups is 1. The number of hydrogen-bond donors (Lipinski definition) is 2. The number of benzene rings is 1. The molecule has 5 rings (SSSR count). The van der Waals surface area contributed by atoms with Gasteiger partial charge in [-0.2, -0.15) is 0 Å². The van der Waals surface area contributed by atoms with Crippen LogP contribution in [0, 0.1) is 0 Å². The molecule has 0 bridgehead atoms. The summed E-state index contributed by atoms with van der Waals surface area (Å²) in [4.78, 5) is 39.1. The third kappa shape index (κ3) is 4.09. The van der Waals surface area contributed by atoms with Gasteiger partial charge in [0.15, 0.2) is 5.82 Å². The molecule has 3 aromatic rings. The molecule has 9 heteroatoms. The van der Waals surface area contributed by atoms with Crippen LogP contribution in [0.15, 0.2) is 53.6 Å². The maximum absolute atomic E-state index is 13.3. The Labute approximate surface area is 192 Å². The van der Waals surface area contributed by atoms with Crippen molar-refractivity contribution >= 4 is 22.8 Å². The van der Waals surface area contributed by atoms with Gasteiger partial charge in [0.1, 0.15) is 6.04 Å². The molecule has 33 heavy (non-hydrogen) atoms. The molecule has 2 atom stereocenters. The number of carbonyl (C=O) groups excluding carboxylic acids is 1. The Morgan fingerprint density at radius 3 is 2.55 bits per heavy atom. The van der Waals surface area contributed by atoms with Gasteiger partial charge in [-0.1, -0.05) is 30.3 Å². The Morgan fingerprint density at radius 1 is 1.06 bits per heavy atom. The minimum absolute atomic E-state index is 0.00711. The van der Waals surface area contributed by atoms with Gasteiger partial charge < -0.3 is 9.80 Å². The Hall–Kier alpha value is -3.30. The fraction of sp³-hybridized carbons (Fsp3) is 0.417. The number of rotatable bonds is 4. The first-order valence-corrected chi connectivity index (χ1v) is 11.5. The van der Waals surface area contributed by atoms with Gasteiger partial charge in [0.2, 0.25) is 5.91 Å². The van der Waals surface area contributed by atoms with Gasteiger partial charge in [0.25, 0.3) is 5.56 Å². The fourth-order valence-corrected chi connectivity index (χ4v) is 4.74. The van der Waals surface area contributed by atoms with E-state index in [1.54, 1.807) is 17.0 Å². The first-order valence-electron chi connectivity index (χ1n) is 11.5. The molecule has 2 fully saturated rings. The Bertz CT molecular complexity index is 1200. The molecular formula is C24H29N7O2. The molecule has 1 aromatic carbocycles. The van der Waals surface area contributed by atoms with Crippen LogP contribution in [0.4, 0.5) is 5.82 Å². The normalized spacial score (nSPS) is 21.2. The second-order valence-electron chi connectivity index (χ2n) is 8.92. The smallest absolute Gasteiger partial charge is 0.294 e. The van der Waals surface area contributed by atoms with Crippen LogP contribution >= 0.6 is 0 Å². The third-order valence-corrected chi connectivity index (χ3v) is 6.48. The number of nitrogens with one attached hydrogen (secondary N) is 2. The van der Waals surface area contributed by atoms with Gasteiger partial charge in [0.05, 0.1) is 17.2 Å². The Morgan fingerprint density at radius 2 is 1.82 bits per heavy atom. The van der Waals surface area contributed by atoms with Crippen LogP contribution in [0.1, 0.15) is 37.9 Å². The van der Waals surface area contributed by atoms with Crippen molar-refractivity contribution in [2.24, 2.45) is 0 Å². The van der Waals surface area contributed by atoms with Crippen molar-refractivity contribution in [2.45, 2.75) is 38.4 Å². The van der Waals surface area contributed by atoms with Gasteiger partial charge in [-0.25, -0.2) is 15.8 Å². The predicted octanol–water partition coefficient (Wildman–Crippen LogP) is 1.63. The molecule has 172 valence electrons. The standard InChI is InChI=1S/C24H29N7O2/c1-16(2)31-21-15-25-9-8-18(21)26-22(24(31)33)29-10-12-30(13-11-29)23(32)20-14-19(27-28-20)17-6-4-3-5-7-17/h3-9,15-16,19-20,27-28H,10-14H2,1-2H3. The minimum Gasteiger partial charge on any atom is -0.348 e. The molecule has 9 nitrogen and oxygen atoms in total. The van der Waals surface area contributed by atoms with Crippen molar-refractivity contribution in [3.63, 3.8) is 0 Å². The second kappa shape index (κ2) is 8.92. The summed E-state index contributed by atoms with van der Waals surface area (Å²) < 4.78 is 1.75. The summed E-state index contributed by atoms with van der Waals surface area (Å²) in [6, 6.07) is 11.8. The highest BCUT2D eigenvalue weighted by atomic mass is 16.2. The summed E-state index contributed by atoms with van der Waals surface area (Å²) in [6.07, 6.45) is 4.09. The molecule has 2 aromatic heterocycles. The molecule has 0 saturated carbocycles. The highest BCUT2D eigenvalue weighted by Crippen LogP contribution is 2.24. The SMILES string of the molecule is CC(C)n1c(=O)c(N2CCN(C(=O)C3CC(c4ccccc4)NN3)CC2)nc2ccncc21. The van der Waals surface area contributed by atoms with E-state index < -0.39 is 0 Å². The molecule has 2 unspecified atom stereocenters. The number of pyridine rings is 1. The third-order valence-electron chi connectivity index (χ3n) is 6.48. The molecule has 2 aliphatic heterocycles. The van der Waals surface area contributed by atoms with Crippen LogP contribution in [-0.4, -0.2) is 57.6 Å². The largest absolute Gasteiger partial charge is 0.348 e. The van der Waals surface area contributed by atoms with Crippen molar-refractivity contribution in [2.75, 3.05) is 31.1 Å². The zero-order valence-electron chi connectivity index (χ0n) is 18.9. The first-order chi connectivity index (χ1) is 16.0. The zero-order chi connectivity index (χ0) is 22.9. The molecular weight excluding hydrogens is 418 g/mol. The maximum Gasteiger partial charge on any atom is 0.294 e. The number of aromatic nitrogens is 3. The summed E-state index contributed by atoms with van der Waals surface area (Å²) in [6.45, 7) is 6.24. The van der Waals surface area contributed by atoms with Crippen molar-refractivity contribution in [1.29, 1.82) is 0 Å². The highest BCUT2D eigenvalue weighted by molar-refractivity contribution is 5.82. The van der Waals surface area contributed by atoms with E-state index in [0.717, 1.165) is 11.0 Å². The number of fused-ring (bicyclic) bond motifs is 1. The second-order valence-corrected chi connectivity index (χ2v) is 8.92. The average molecular weight is 448 g/mol. The van der Waals surface area contributed by atoms with Gasteiger partial charge in [-0.05, 0) is 31.9 Å².